The van der Waals surface area contributed by atoms with Gasteiger partial charge in [-0.3, -0.25) is 9.79 Å². The van der Waals surface area contributed by atoms with Gasteiger partial charge in [-0.2, -0.15) is 0 Å². The van der Waals surface area contributed by atoms with E-state index in [9.17, 15) is 4.79 Å². The van der Waals surface area contributed by atoms with Crippen molar-refractivity contribution < 1.29 is 9.21 Å². The molecule has 1 aromatic rings. The molecule has 1 amide bonds. The molecule has 72 valence electrons. The molecule has 5 heteroatoms. The van der Waals surface area contributed by atoms with Gasteiger partial charge in [-0.15, -0.1) is 0 Å². The molecular formula is C9H8N2O2S. The van der Waals surface area contributed by atoms with Crippen LogP contribution >= 0.6 is 12.2 Å². The molecule has 0 saturated heterocycles. The normalized spacial score (nSPS) is 16.4. The summed E-state index contributed by atoms with van der Waals surface area (Å²) in [4.78, 5) is 15.9. The van der Waals surface area contributed by atoms with E-state index in [0.717, 1.165) is 5.76 Å². The summed E-state index contributed by atoms with van der Waals surface area (Å²) >= 11 is 4.82. The van der Waals surface area contributed by atoms with Gasteiger partial charge < -0.3 is 9.73 Å². The first-order chi connectivity index (χ1) is 6.75. The van der Waals surface area contributed by atoms with Crippen LogP contribution in [-0.2, 0) is 11.2 Å². The summed E-state index contributed by atoms with van der Waals surface area (Å²) in [5.74, 6) is 0.504. The van der Waals surface area contributed by atoms with Gasteiger partial charge in [-0.05, 0) is 12.1 Å². The van der Waals surface area contributed by atoms with Crippen LogP contribution in [-0.4, -0.2) is 23.2 Å². The molecule has 0 fully saturated rings. The molecule has 1 aromatic heterocycles. The summed E-state index contributed by atoms with van der Waals surface area (Å²) in [5, 5.41) is 2.56. The van der Waals surface area contributed by atoms with Crippen LogP contribution < -0.4 is 5.32 Å². The average molecular weight is 208 g/mol. The van der Waals surface area contributed by atoms with Crippen LogP contribution in [0.1, 0.15) is 5.76 Å². The zero-order valence-corrected chi connectivity index (χ0v) is 8.13. The van der Waals surface area contributed by atoms with Crippen LogP contribution in [0.2, 0.25) is 0 Å². The van der Waals surface area contributed by atoms with Crippen LogP contribution in [0.4, 0.5) is 0 Å². The first kappa shape index (κ1) is 9.08. The molecule has 1 aliphatic rings. The number of rotatable bonds is 2. The number of carbonyl (C=O) groups excluding carboxylic acids is 1. The number of nitrogens with zero attached hydrogens (tertiary/aromatic N) is 1. The monoisotopic (exact) mass is 208 g/mol. The third-order valence-electron chi connectivity index (χ3n) is 1.85. The van der Waals surface area contributed by atoms with Crippen molar-refractivity contribution in [1.29, 1.82) is 0 Å². The van der Waals surface area contributed by atoms with Crippen LogP contribution in [0.3, 0.4) is 0 Å². The predicted octanol–water partition coefficient (Wildman–Crippen LogP) is 0.720. The van der Waals surface area contributed by atoms with Gasteiger partial charge in [0.2, 0.25) is 0 Å². The molecule has 2 heterocycles. The molecule has 0 bridgehead atoms. The lowest BCUT2D eigenvalue weighted by atomic mass is 10.2. The van der Waals surface area contributed by atoms with Crippen LogP contribution in [0.25, 0.3) is 0 Å². The Hall–Kier alpha value is -1.49. The molecule has 1 aliphatic heterocycles. The van der Waals surface area contributed by atoms with Crippen molar-refractivity contribution >= 4 is 28.8 Å². The van der Waals surface area contributed by atoms with E-state index in [-0.39, 0.29) is 5.91 Å². The first-order valence-corrected chi connectivity index (χ1v) is 4.56. The van der Waals surface area contributed by atoms with E-state index < -0.39 is 0 Å². The predicted molar refractivity (Wildman–Crippen MR) is 55.5 cm³/mol. The smallest absolute Gasteiger partial charge is 0.270 e. The lowest BCUT2D eigenvalue weighted by Gasteiger charge is -2.12. The minimum atomic E-state index is -0.224. The van der Waals surface area contributed by atoms with Gasteiger partial charge in [-0.25, -0.2) is 0 Å². The van der Waals surface area contributed by atoms with Crippen LogP contribution in [0.5, 0.6) is 0 Å². The Labute approximate surface area is 86.0 Å². The fraction of sp³-hybridized carbons (Fsp3) is 0.222. The second-order valence-electron chi connectivity index (χ2n) is 2.90. The Morgan fingerprint density at radius 2 is 2.50 bits per heavy atom. The summed E-state index contributed by atoms with van der Waals surface area (Å²) in [6.07, 6.45) is 1.99. The maximum Gasteiger partial charge on any atom is 0.270 e. The van der Waals surface area contributed by atoms with E-state index >= 15 is 0 Å². The molecular weight excluding hydrogens is 200 g/mol. The Kier molecular flexibility index (Phi) is 2.41. The highest BCUT2D eigenvalue weighted by atomic mass is 32.1. The second-order valence-corrected chi connectivity index (χ2v) is 3.39. The molecule has 0 aliphatic carbocycles. The lowest BCUT2D eigenvalue weighted by molar-refractivity contribution is -0.113. The summed E-state index contributed by atoms with van der Waals surface area (Å²) in [7, 11) is 0. The van der Waals surface area contributed by atoms with Gasteiger partial charge in [0, 0.05) is 0 Å². The summed E-state index contributed by atoms with van der Waals surface area (Å²) in [6, 6.07) is 3.59. The number of aliphatic imine (C=N–C) groups is 1. The fourth-order valence-electron chi connectivity index (χ4n) is 1.19. The number of carbonyl (C=O) groups is 1. The summed E-state index contributed by atoms with van der Waals surface area (Å²) in [5.41, 5.74) is 0.466. The summed E-state index contributed by atoms with van der Waals surface area (Å²) < 4.78 is 5.12. The fourth-order valence-corrected chi connectivity index (χ4v) is 1.35. The van der Waals surface area contributed by atoms with Crippen molar-refractivity contribution in [1.82, 2.24) is 5.32 Å². The Bertz CT molecular complexity index is 395. The van der Waals surface area contributed by atoms with Gasteiger partial charge >= 0.3 is 0 Å². The van der Waals surface area contributed by atoms with Crippen LogP contribution in [0.15, 0.2) is 27.8 Å². The maximum atomic E-state index is 11.4. The SMILES string of the molecule is O=C1NC(=S)CN=C1Cc1ccco1. The number of thiocarbonyl (C=S) groups is 1. The Balaban J connectivity index is 2.12. The molecule has 0 radical (unpaired) electrons. The largest absolute Gasteiger partial charge is 0.469 e. The molecule has 4 nitrogen and oxygen atoms in total. The molecule has 0 aromatic carbocycles. The number of hydrogen-bond donors (Lipinski definition) is 1. The number of furan rings is 1. The van der Waals surface area contributed by atoms with Gasteiger partial charge in [-0.1, -0.05) is 12.2 Å². The quantitative estimate of drug-likeness (QED) is 0.729. The van der Waals surface area contributed by atoms with Crippen molar-refractivity contribution in [3.05, 3.63) is 24.2 Å². The first-order valence-electron chi connectivity index (χ1n) is 4.15. The number of amides is 1. The second kappa shape index (κ2) is 3.71. The Morgan fingerprint density at radius 1 is 1.64 bits per heavy atom. The van der Waals surface area contributed by atoms with Gasteiger partial charge in [0.15, 0.2) is 0 Å². The number of hydrogen-bond acceptors (Lipinski definition) is 4. The standard InChI is InChI=1S/C9H8N2O2S/c12-9-7(10-5-8(14)11-9)4-6-2-1-3-13-6/h1-3H,4-5H2,(H,11,12,14). The van der Waals surface area contributed by atoms with E-state index in [1.807, 2.05) is 6.07 Å². The molecule has 1 N–H and O–H groups in total. The molecule has 14 heavy (non-hydrogen) atoms. The van der Waals surface area contributed by atoms with Gasteiger partial charge in [0.05, 0.1) is 19.2 Å². The number of nitrogens with one attached hydrogen (secondary N) is 1. The molecule has 0 spiro atoms. The highest BCUT2D eigenvalue weighted by Crippen LogP contribution is 2.04. The Morgan fingerprint density at radius 3 is 3.14 bits per heavy atom. The lowest BCUT2D eigenvalue weighted by Crippen LogP contribution is -2.41. The zero-order valence-electron chi connectivity index (χ0n) is 7.32. The van der Waals surface area contributed by atoms with E-state index in [4.69, 9.17) is 16.6 Å². The zero-order chi connectivity index (χ0) is 9.97. The van der Waals surface area contributed by atoms with Crippen molar-refractivity contribution in [2.24, 2.45) is 4.99 Å². The molecule has 2 rings (SSSR count). The minimum absolute atomic E-state index is 0.224. The highest BCUT2D eigenvalue weighted by Gasteiger charge is 2.18. The maximum absolute atomic E-state index is 11.4. The van der Waals surface area contributed by atoms with E-state index in [1.54, 1.807) is 12.3 Å². The van der Waals surface area contributed by atoms with Crippen molar-refractivity contribution in [3.8, 4) is 0 Å². The molecule has 0 atom stereocenters. The summed E-state index contributed by atoms with van der Waals surface area (Å²) in [6.45, 7) is 0.386. The molecule has 0 unspecified atom stereocenters. The van der Waals surface area contributed by atoms with Crippen molar-refractivity contribution in [2.45, 2.75) is 6.42 Å². The minimum Gasteiger partial charge on any atom is -0.469 e. The van der Waals surface area contributed by atoms with E-state index in [0.29, 0.717) is 23.7 Å². The van der Waals surface area contributed by atoms with E-state index in [2.05, 4.69) is 10.3 Å². The molecule has 0 saturated carbocycles. The van der Waals surface area contributed by atoms with Crippen LogP contribution in [0, 0.1) is 0 Å². The third-order valence-corrected chi connectivity index (χ3v) is 2.08. The van der Waals surface area contributed by atoms with Gasteiger partial charge in [0.25, 0.3) is 5.91 Å². The highest BCUT2D eigenvalue weighted by molar-refractivity contribution is 7.80. The van der Waals surface area contributed by atoms with E-state index in [1.165, 1.54) is 0 Å². The van der Waals surface area contributed by atoms with Crippen molar-refractivity contribution in [3.63, 3.8) is 0 Å². The van der Waals surface area contributed by atoms with Crippen molar-refractivity contribution in [2.75, 3.05) is 6.54 Å². The third kappa shape index (κ3) is 1.88. The topological polar surface area (TPSA) is 54.6 Å². The average Bonchev–Trinajstić information content (AvgIpc) is 2.62. The van der Waals surface area contributed by atoms with Gasteiger partial charge in [0.1, 0.15) is 16.5 Å².